The van der Waals surface area contributed by atoms with E-state index in [-0.39, 0.29) is 16.2 Å². The molecule has 0 aliphatic carbocycles. The molecule has 1 aliphatic heterocycles. The zero-order valence-corrected chi connectivity index (χ0v) is 15.2. The smallest absolute Gasteiger partial charge is 0.337 e. The van der Waals surface area contributed by atoms with Gasteiger partial charge in [0.2, 0.25) is 0 Å². The van der Waals surface area contributed by atoms with Crippen LogP contribution in [-0.2, 0) is 9.53 Å². The molecule has 8 heteroatoms. The van der Waals surface area contributed by atoms with Gasteiger partial charge in [-0.3, -0.25) is 4.90 Å². The Morgan fingerprint density at radius 3 is 2.33 bits per heavy atom. The molecule has 2 aromatic rings. The Balaban J connectivity index is 2.15. The summed E-state index contributed by atoms with van der Waals surface area (Å²) in [6, 6.07) is 7.64. The number of nitrogens with zero attached hydrogens (tertiary/aromatic N) is 1. The molecule has 1 N–H and O–H groups in total. The molecule has 0 unspecified atom stereocenters. The van der Waals surface area contributed by atoms with E-state index in [0.29, 0.717) is 11.4 Å². The molecule has 0 fully saturated rings. The fourth-order valence-electron chi connectivity index (χ4n) is 2.99. The Morgan fingerprint density at radius 1 is 1.11 bits per heavy atom. The number of rotatable bonds is 3. The molecule has 140 valence electrons. The van der Waals surface area contributed by atoms with Crippen LogP contribution in [0.15, 0.2) is 53.7 Å². The molecule has 0 radical (unpaired) electrons. The van der Waals surface area contributed by atoms with E-state index in [2.05, 4.69) is 5.32 Å². The zero-order chi connectivity index (χ0) is 19.7. The summed E-state index contributed by atoms with van der Waals surface area (Å²) in [5, 5.41) is 3.08. The van der Waals surface area contributed by atoms with Crippen molar-refractivity contribution < 1.29 is 22.7 Å². The van der Waals surface area contributed by atoms with Gasteiger partial charge >= 0.3 is 5.97 Å². The molecule has 2 aromatic carbocycles. The van der Waals surface area contributed by atoms with Gasteiger partial charge in [-0.2, -0.15) is 0 Å². The SMILES string of the molecule is COC(=O)C1=C(C)N(c2ccc(F)cc2)C(=S)N[C@H]1c1ccc(F)cc1F. The molecule has 1 heterocycles. The lowest BCUT2D eigenvalue weighted by atomic mass is 9.94. The number of carbonyl (C=O) groups excluding carboxylic acids is 1. The monoisotopic (exact) mass is 392 g/mol. The molecule has 27 heavy (non-hydrogen) atoms. The highest BCUT2D eigenvalue weighted by Crippen LogP contribution is 2.35. The molecule has 0 spiro atoms. The van der Waals surface area contributed by atoms with E-state index in [9.17, 15) is 18.0 Å². The van der Waals surface area contributed by atoms with Crippen LogP contribution in [0.25, 0.3) is 0 Å². The van der Waals surface area contributed by atoms with E-state index < -0.39 is 29.5 Å². The number of hydrogen-bond acceptors (Lipinski definition) is 3. The largest absolute Gasteiger partial charge is 0.466 e. The maximum atomic E-state index is 14.3. The van der Waals surface area contributed by atoms with Crippen molar-refractivity contribution in [2.75, 3.05) is 12.0 Å². The number of ether oxygens (including phenoxy) is 1. The second kappa shape index (κ2) is 7.40. The number of allylic oxidation sites excluding steroid dienone is 1. The second-order valence-corrected chi connectivity index (χ2v) is 6.24. The first-order valence-corrected chi connectivity index (χ1v) is 8.34. The van der Waals surface area contributed by atoms with Crippen LogP contribution < -0.4 is 10.2 Å². The number of methoxy groups -OCH3 is 1. The van der Waals surface area contributed by atoms with Crippen LogP contribution in [0.2, 0.25) is 0 Å². The van der Waals surface area contributed by atoms with Crippen LogP contribution >= 0.6 is 12.2 Å². The Bertz CT molecular complexity index is 944. The third kappa shape index (κ3) is 3.52. The van der Waals surface area contributed by atoms with Gasteiger partial charge in [-0.1, -0.05) is 6.07 Å². The van der Waals surface area contributed by atoms with Gasteiger partial charge in [0, 0.05) is 23.0 Å². The van der Waals surface area contributed by atoms with Gasteiger partial charge in [0.1, 0.15) is 17.5 Å². The lowest BCUT2D eigenvalue weighted by Crippen LogP contribution is -2.48. The standard InChI is InChI=1S/C19H15F3N2O2S/c1-10-16(18(25)26-2)17(14-8-5-12(21)9-15(14)22)23-19(27)24(10)13-6-3-11(20)4-7-13/h3-9,17H,1-2H3,(H,23,27)/t17-/m0/s1. The fraction of sp³-hybridized carbons (Fsp3) is 0.158. The fourth-order valence-corrected chi connectivity index (χ4v) is 3.35. The number of hydrogen-bond donors (Lipinski definition) is 1. The van der Waals surface area contributed by atoms with Gasteiger partial charge in [-0.25, -0.2) is 18.0 Å². The number of esters is 1. The highest BCUT2D eigenvalue weighted by molar-refractivity contribution is 7.80. The summed E-state index contributed by atoms with van der Waals surface area (Å²) in [4.78, 5) is 14.0. The van der Waals surface area contributed by atoms with Gasteiger partial charge < -0.3 is 10.1 Å². The van der Waals surface area contributed by atoms with Gasteiger partial charge in [0.05, 0.1) is 18.7 Å². The summed E-state index contributed by atoms with van der Waals surface area (Å²) in [5.41, 5.74) is 1.08. The number of carbonyl (C=O) groups is 1. The van der Waals surface area contributed by atoms with E-state index in [1.807, 2.05) is 0 Å². The average Bonchev–Trinajstić information content (AvgIpc) is 2.62. The van der Waals surface area contributed by atoms with Crippen LogP contribution in [0, 0.1) is 17.5 Å². The predicted molar refractivity (Wildman–Crippen MR) is 98.4 cm³/mol. The summed E-state index contributed by atoms with van der Waals surface area (Å²) in [5.74, 6) is -2.67. The molecule has 4 nitrogen and oxygen atoms in total. The highest BCUT2D eigenvalue weighted by atomic mass is 32.1. The molecular formula is C19H15F3N2O2S. The van der Waals surface area contributed by atoms with Crippen LogP contribution in [-0.4, -0.2) is 18.2 Å². The quantitative estimate of drug-likeness (QED) is 0.632. The number of benzene rings is 2. The van der Waals surface area contributed by atoms with Gasteiger partial charge in [-0.05, 0) is 49.5 Å². The summed E-state index contributed by atoms with van der Waals surface area (Å²) in [6.07, 6.45) is 0. The molecule has 0 saturated carbocycles. The molecule has 0 amide bonds. The molecule has 1 aliphatic rings. The number of anilines is 1. The van der Waals surface area contributed by atoms with Crippen molar-refractivity contribution in [3.8, 4) is 0 Å². The van der Waals surface area contributed by atoms with Gasteiger partial charge in [0.25, 0.3) is 0 Å². The first kappa shape index (κ1) is 18.9. The second-order valence-electron chi connectivity index (χ2n) is 5.85. The molecular weight excluding hydrogens is 377 g/mol. The van der Waals surface area contributed by atoms with E-state index in [1.165, 1.54) is 42.3 Å². The van der Waals surface area contributed by atoms with E-state index in [1.54, 1.807) is 6.92 Å². The van der Waals surface area contributed by atoms with E-state index in [0.717, 1.165) is 12.1 Å². The van der Waals surface area contributed by atoms with Crippen LogP contribution in [0.3, 0.4) is 0 Å². The molecule has 0 aromatic heterocycles. The van der Waals surface area contributed by atoms with Crippen molar-refractivity contribution in [1.82, 2.24) is 5.32 Å². The number of halogens is 3. The summed E-state index contributed by atoms with van der Waals surface area (Å²) < 4.78 is 45.7. The van der Waals surface area contributed by atoms with Crippen molar-refractivity contribution in [3.63, 3.8) is 0 Å². The minimum Gasteiger partial charge on any atom is -0.466 e. The van der Waals surface area contributed by atoms with Crippen LogP contribution in [0.1, 0.15) is 18.5 Å². The Kier molecular flexibility index (Phi) is 5.18. The Morgan fingerprint density at radius 2 is 1.74 bits per heavy atom. The van der Waals surface area contributed by atoms with Crippen molar-refractivity contribution >= 4 is 29.0 Å². The number of thiocarbonyl (C=S) groups is 1. The third-order valence-electron chi connectivity index (χ3n) is 4.25. The van der Waals surface area contributed by atoms with Crippen molar-refractivity contribution in [3.05, 3.63) is 76.7 Å². The predicted octanol–water partition coefficient (Wildman–Crippen LogP) is 3.99. The molecule has 0 bridgehead atoms. The maximum absolute atomic E-state index is 14.3. The lowest BCUT2D eigenvalue weighted by molar-refractivity contribution is -0.136. The Hall–Kier alpha value is -2.87. The average molecular weight is 392 g/mol. The minimum atomic E-state index is -0.956. The zero-order valence-electron chi connectivity index (χ0n) is 14.4. The normalized spacial score (nSPS) is 17.0. The third-order valence-corrected chi connectivity index (χ3v) is 4.55. The summed E-state index contributed by atoms with van der Waals surface area (Å²) in [7, 11) is 1.20. The number of nitrogens with one attached hydrogen (secondary N) is 1. The maximum Gasteiger partial charge on any atom is 0.337 e. The first-order chi connectivity index (χ1) is 12.8. The van der Waals surface area contributed by atoms with Crippen LogP contribution in [0.5, 0.6) is 0 Å². The van der Waals surface area contributed by atoms with E-state index >= 15 is 0 Å². The van der Waals surface area contributed by atoms with Crippen molar-refractivity contribution in [1.29, 1.82) is 0 Å². The topological polar surface area (TPSA) is 41.6 Å². The van der Waals surface area contributed by atoms with Gasteiger partial charge in [0.15, 0.2) is 5.11 Å². The minimum absolute atomic E-state index is 0.0530. The molecule has 0 saturated heterocycles. The molecule has 3 rings (SSSR count). The van der Waals surface area contributed by atoms with Gasteiger partial charge in [-0.15, -0.1) is 0 Å². The van der Waals surface area contributed by atoms with Crippen molar-refractivity contribution in [2.24, 2.45) is 0 Å². The van der Waals surface area contributed by atoms with E-state index in [4.69, 9.17) is 17.0 Å². The van der Waals surface area contributed by atoms with Crippen LogP contribution in [0.4, 0.5) is 18.9 Å². The Labute approximate surface area is 159 Å². The first-order valence-electron chi connectivity index (χ1n) is 7.93. The summed E-state index contributed by atoms with van der Waals surface area (Å²) >= 11 is 5.38. The summed E-state index contributed by atoms with van der Waals surface area (Å²) in [6.45, 7) is 1.62. The van der Waals surface area contributed by atoms with Crippen molar-refractivity contribution in [2.45, 2.75) is 13.0 Å². The lowest BCUT2D eigenvalue weighted by Gasteiger charge is -2.37. The molecule has 1 atom stereocenters. The highest BCUT2D eigenvalue weighted by Gasteiger charge is 2.36.